The van der Waals surface area contributed by atoms with Crippen LogP contribution < -0.4 is 0 Å². The summed E-state index contributed by atoms with van der Waals surface area (Å²) in [6.07, 6.45) is 6.46. The lowest BCUT2D eigenvalue weighted by Crippen LogP contribution is -1.87. The molecule has 30 heavy (non-hydrogen) atoms. The van der Waals surface area contributed by atoms with Crippen LogP contribution in [-0.2, 0) is 6.42 Å². The number of aryl methyl sites for hydroxylation is 1. The first-order chi connectivity index (χ1) is 14.8. The molecule has 0 heterocycles. The van der Waals surface area contributed by atoms with Crippen LogP contribution in [0.1, 0.15) is 38.2 Å². The second-order valence-corrected chi connectivity index (χ2v) is 8.39. The van der Waals surface area contributed by atoms with Gasteiger partial charge in [0, 0.05) is 0 Å². The highest BCUT2D eigenvalue weighted by Crippen LogP contribution is 2.34. The fraction of sp³-hybridized carbons (Fsp3) is 0.200. The molecule has 0 unspecified atom stereocenters. The second-order valence-electron chi connectivity index (χ2n) is 8.39. The van der Waals surface area contributed by atoms with E-state index >= 15 is 0 Å². The summed E-state index contributed by atoms with van der Waals surface area (Å²) >= 11 is 0. The Morgan fingerprint density at radius 2 is 1.17 bits per heavy atom. The average molecular weight is 389 g/mol. The molecule has 0 fully saturated rings. The summed E-state index contributed by atoms with van der Waals surface area (Å²) in [6.45, 7) is 2.27. The van der Waals surface area contributed by atoms with Crippen LogP contribution in [0.4, 0.5) is 0 Å². The smallest absolute Gasteiger partial charge is 0.00990 e. The van der Waals surface area contributed by atoms with Crippen molar-refractivity contribution in [1.29, 1.82) is 0 Å². The number of benzene rings is 5. The molecule has 0 aliphatic heterocycles. The van der Waals surface area contributed by atoms with Gasteiger partial charge in [-0.3, -0.25) is 0 Å². The van der Waals surface area contributed by atoms with E-state index in [0.717, 1.165) is 0 Å². The lowest BCUT2D eigenvalue weighted by molar-refractivity contribution is 0.667. The number of rotatable bonds is 6. The van der Waals surface area contributed by atoms with E-state index in [1.54, 1.807) is 0 Å². The average Bonchev–Trinajstić information content (AvgIpc) is 2.81. The van der Waals surface area contributed by atoms with Crippen molar-refractivity contribution >= 4 is 32.3 Å². The van der Waals surface area contributed by atoms with Gasteiger partial charge in [0.25, 0.3) is 0 Å². The molecule has 0 saturated carbocycles. The van der Waals surface area contributed by atoms with Crippen LogP contribution in [0.3, 0.4) is 0 Å². The molecule has 0 heteroatoms. The summed E-state index contributed by atoms with van der Waals surface area (Å²) in [6, 6.07) is 33.7. The molecular formula is C30H28. The zero-order valence-electron chi connectivity index (χ0n) is 17.7. The van der Waals surface area contributed by atoms with E-state index in [0.29, 0.717) is 0 Å². The molecule has 0 atom stereocenters. The minimum Gasteiger partial charge on any atom is -0.0654 e. The lowest BCUT2D eigenvalue weighted by atomic mass is 9.93. The molecule has 5 aromatic rings. The van der Waals surface area contributed by atoms with Crippen LogP contribution >= 0.6 is 0 Å². The molecule has 5 rings (SSSR count). The minimum absolute atomic E-state index is 1.19. The molecule has 0 spiro atoms. The third-order valence-corrected chi connectivity index (χ3v) is 6.32. The molecule has 0 bridgehead atoms. The predicted octanol–water partition coefficient (Wildman–Crippen LogP) is 8.94. The topological polar surface area (TPSA) is 0 Å². The van der Waals surface area contributed by atoms with E-state index < -0.39 is 0 Å². The molecule has 148 valence electrons. The highest BCUT2D eigenvalue weighted by Gasteiger charge is 2.07. The number of unbranched alkanes of at least 4 members (excludes halogenated alkanes) is 3. The van der Waals surface area contributed by atoms with Crippen LogP contribution in [0.2, 0.25) is 0 Å². The van der Waals surface area contributed by atoms with Crippen LogP contribution in [-0.4, -0.2) is 0 Å². The zero-order chi connectivity index (χ0) is 20.3. The van der Waals surface area contributed by atoms with Gasteiger partial charge in [-0.25, -0.2) is 0 Å². The zero-order valence-corrected chi connectivity index (χ0v) is 17.7. The van der Waals surface area contributed by atoms with Crippen molar-refractivity contribution in [2.75, 3.05) is 0 Å². The van der Waals surface area contributed by atoms with Crippen molar-refractivity contribution in [1.82, 2.24) is 0 Å². The summed E-state index contributed by atoms with van der Waals surface area (Å²) in [4.78, 5) is 0. The predicted molar refractivity (Wildman–Crippen MR) is 132 cm³/mol. The Bertz CT molecular complexity index is 1310. The molecule has 0 radical (unpaired) electrons. The van der Waals surface area contributed by atoms with Crippen LogP contribution in [0.5, 0.6) is 0 Å². The van der Waals surface area contributed by atoms with Crippen molar-refractivity contribution in [3.63, 3.8) is 0 Å². The summed E-state index contributed by atoms with van der Waals surface area (Å²) in [5.74, 6) is 0. The van der Waals surface area contributed by atoms with Gasteiger partial charge in [0.2, 0.25) is 0 Å². The summed E-state index contributed by atoms with van der Waals surface area (Å²) in [5.41, 5.74) is 4.01. The van der Waals surface area contributed by atoms with Crippen LogP contribution in [0, 0.1) is 0 Å². The van der Waals surface area contributed by atoms with E-state index in [1.165, 1.54) is 81.1 Å². The molecule has 0 aliphatic rings. The molecular weight excluding hydrogens is 360 g/mol. The number of hydrogen-bond acceptors (Lipinski definition) is 0. The Morgan fingerprint density at radius 3 is 1.90 bits per heavy atom. The van der Waals surface area contributed by atoms with Crippen molar-refractivity contribution in [2.45, 2.75) is 39.0 Å². The maximum atomic E-state index is 2.39. The first-order valence-corrected chi connectivity index (χ1v) is 11.3. The standard InChI is InChI=1S/C30H28/c1-2-3-4-6-9-22-12-16-27-25(20-22)14-18-30-28-17-13-24(23-10-7-5-8-11-23)21-26(28)15-19-29(27)30/h5,7-8,10-21H,2-4,6,9H2,1H3. The summed E-state index contributed by atoms with van der Waals surface area (Å²) in [7, 11) is 0. The quantitative estimate of drug-likeness (QED) is 0.201. The third-order valence-electron chi connectivity index (χ3n) is 6.32. The minimum atomic E-state index is 1.19. The van der Waals surface area contributed by atoms with Crippen LogP contribution in [0.15, 0.2) is 91.0 Å². The van der Waals surface area contributed by atoms with Gasteiger partial charge in [-0.15, -0.1) is 0 Å². The van der Waals surface area contributed by atoms with Gasteiger partial charge < -0.3 is 0 Å². The largest absolute Gasteiger partial charge is 0.0654 e. The first-order valence-electron chi connectivity index (χ1n) is 11.3. The summed E-state index contributed by atoms with van der Waals surface area (Å²) in [5, 5.41) is 8.04. The highest BCUT2D eigenvalue weighted by molar-refractivity contribution is 6.17. The Kier molecular flexibility index (Phi) is 5.24. The Hall–Kier alpha value is -3.12. The molecule has 0 aromatic heterocycles. The molecule has 5 aromatic carbocycles. The van der Waals surface area contributed by atoms with E-state index in [9.17, 15) is 0 Å². The SMILES string of the molecule is CCCCCCc1ccc2c(ccc3c4ccc(-c5ccccc5)cc4ccc23)c1. The number of fused-ring (bicyclic) bond motifs is 5. The Labute approximate surface area is 179 Å². The van der Waals surface area contributed by atoms with Crippen molar-refractivity contribution in [2.24, 2.45) is 0 Å². The van der Waals surface area contributed by atoms with E-state index in [2.05, 4.69) is 97.9 Å². The van der Waals surface area contributed by atoms with Gasteiger partial charge >= 0.3 is 0 Å². The van der Waals surface area contributed by atoms with Crippen molar-refractivity contribution in [3.8, 4) is 11.1 Å². The van der Waals surface area contributed by atoms with Crippen molar-refractivity contribution < 1.29 is 0 Å². The van der Waals surface area contributed by atoms with Crippen LogP contribution in [0.25, 0.3) is 43.4 Å². The Morgan fingerprint density at radius 1 is 0.500 bits per heavy atom. The van der Waals surface area contributed by atoms with Crippen molar-refractivity contribution in [3.05, 3.63) is 96.6 Å². The first kappa shape index (κ1) is 18.9. The molecule has 0 amide bonds. The molecule has 0 saturated heterocycles. The Balaban J connectivity index is 1.54. The monoisotopic (exact) mass is 388 g/mol. The van der Waals surface area contributed by atoms with E-state index in [-0.39, 0.29) is 0 Å². The maximum absolute atomic E-state index is 2.39. The van der Waals surface area contributed by atoms with E-state index in [1.807, 2.05) is 0 Å². The maximum Gasteiger partial charge on any atom is -0.00990 e. The van der Waals surface area contributed by atoms with Gasteiger partial charge in [-0.1, -0.05) is 111 Å². The van der Waals surface area contributed by atoms with Gasteiger partial charge in [0.1, 0.15) is 0 Å². The second kappa shape index (κ2) is 8.32. The molecule has 0 aliphatic carbocycles. The summed E-state index contributed by atoms with van der Waals surface area (Å²) < 4.78 is 0. The van der Waals surface area contributed by atoms with Gasteiger partial charge in [0.05, 0.1) is 0 Å². The third kappa shape index (κ3) is 3.59. The normalized spacial score (nSPS) is 11.5. The fourth-order valence-corrected chi connectivity index (χ4v) is 4.66. The number of hydrogen-bond donors (Lipinski definition) is 0. The molecule has 0 N–H and O–H groups in total. The van der Waals surface area contributed by atoms with Gasteiger partial charge in [-0.2, -0.15) is 0 Å². The van der Waals surface area contributed by atoms with Gasteiger partial charge in [-0.05, 0) is 67.9 Å². The lowest BCUT2D eigenvalue weighted by Gasteiger charge is -2.11. The van der Waals surface area contributed by atoms with E-state index in [4.69, 9.17) is 0 Å². The highest BCUT2D eigenvalue weighted by atomic mass is 14.1. The molecule has 0 nitrogen and oxygen atoms in total. The fourth-order valence-electron chi connectivity index (χ4n) is 4.66. The van der Waals surface area contributed by atoms with Gasteiger partial charge in [0.15, 0.2) is 0 Å².